The average Bonchev–Trinajstić information content (AvgIpc) is 3.51. The van der Waals surface area contributed by atoms with E-state index in [1.165, 1.54) is 6.07 Å². The molecule has 0 bridgehead atoms. The molecule has 0 saturated heterocycles. The van der Waals surface area contributed by atoms with E-state index in [1.807, 2.05) is 11.5 Å². The predicted molar refractivity (Wildman–Crippen MR) is 114 cm³/mol. The van der Waals surface area contributed by atoms with Crippen molar-refractivity contribution in [2.45, 2.75) is 44.6 Å². The van der Waals surface area contributed by atoms with Gasteiger partial charge in [0.1, 0.15) is 5.75 Å². The van der Waals surface area contributed by atoms with Crippen LogP contribution in [0.3, 0.4) is 0 Å². The second-order valence-electron chi connectivity index (χ2n) is 7.40. The number of nitrogens with zero attached hydrogens (tertiary/aromatic N) is 1. The molecule has 0 radical (unpaired) electrons. The Balaban J connectivity index is 1.73. The first-order valence-electron chi connectivity index (χ1n) is 9.78. The van der Waals surface area contributed by atoms with Gasteiger partial charge in [0.05, 0.1) is 22.1 Å². The van der Waals surface area contributed by atoms with Crippen LogP contribution in [-0.4, -0.2) is 24.8 Å². The second kappa shape index (κ2) is 7.79. The first-order chi connectivity index (χ1) is 14.3. The monoisotopic (exact) mass is 435 g/mol. The molecule has 1 aliphatic rings. The van der Waals surface area contributed by atoms with Crippen LogP contribution in [0.1, 0.15) is 26.2 Å². The summed E-state index contributed by atoms with van der Waals surface area (Å²) in [6.07, 6.45) is 2.20. The van der Waals surface area contributed by atoms with E-state index < -0.39 is 16.6 Å². The number of hydrogen-bond acceptors (Lipinski definition) is 4. The Morgan fingerprint density at radius 3 is 2.50 bits per heavy atom. The van der Waals surface area contributed by atoms with Crippen LogP contribution in [0.15, 0.2) is 42.5 Å². The van der Waals surface area contributed by atoms with E-state index in [9.17, 15) is 17.2 Å². The molecule has 160 valence electrons. The molecule has 1 heterocycles. The van der Waals surface area contributed by atoms with Crippen molar-refractivity contribution in [3.05, 3.63) is 42.5 Å². The maximum absolute atomic E-state index is 12.6. The zero-order valence-corrected chi connectivity index (χ0v) is 17.3. The summed E-state index contributed by atoms with van der Waals surface area (Å²) in [5.74, 6) is 0.0729. The number of nitrogen functional groups attached to an aromatic ring is 1. The van der Waals surface area contributed by atoms with Crippen molar-refractivity contribution in [2.75, 3.05) is 10.5 Å². The zero-order chi connectivity index (χ0) is 21.5. The summed E-state index contributed by atoms with van der Waals surface area (Å²) < 4.78 is 58.7. The minimum atomic E-state index is -3.33. The molecule has 3 aromatic rings. The van der Waals surface area contributed by atoms with Crippen molar-refractivity contribution in [1.29, 1.82) is 0 Å². The highest BCUT2D eigenvalue weighted by molar-refractivity contribution is 7.93. The molecule has 1 saturated carbocycles. The predicted octanol–water partition coefficient (Wildman–Crippen LogP) is 4.81. The Kier molecular flexibility index (Phi) is 5.31. The van der Waals surface area contributed by atoms with Crippen LogP contribution < -0.4 is 15.2 Å². The number of hydrogen-bond donors (Lipinski definition) is 2. The van der Waals surface area contributed by atoms with Crippen molar-refractivity contribution in [1.82, 2.24) is 4.57 Å². The number of nitrogens with one attached hydrogen (secondary N) is 1. The van der Waals surface area contributed by atoms with Gasteiger partial charge in [0, 0.05) is 29.2 Å². The number of aromatic nitrogens is 1. The van der Waals surface area contributed by atoms with Gasteiger partial charge in [-0.15, -0.1) is 0 Å². The van der Waals surface area contributed by atoms with Gasteiger partial charge in [-0.1, -0.05) is 19.1 Å². The number of rotatable bonds is 8. The van der Waals surface area contributed by atoms with E-state index in [4.69, 9.17) is 5.73 Å². The molecule has 6 nitrogen and oxygen atoms in total. The molecule has 0 amide bonds. The Bertz CT molecular complexity index is 1170. The molecular formula is C21H23F2N3O3S. The number of alkyl halides is 2. The van der Waals surface area contributed by atoms with Gasteiger partial charge in [-0.3, -0.25) is 4.72 Å². The number of fused-ring (bicyclic) bond motifs is 1. The highest BCUT2D eigenvalue weighted by Gasteiger charge is 2.35. The van der Waals surface area contributed by atoms with Crippen molar-refractivity contribution >= 4 is 32.3 Å². The van der Waals surface area contributed by atoms with Gasteiger partial charge in [0.25, 0.3) is 0 Å². The summed E-state index contributed by atoms with van der Waals surface area (Å²) in [6, 6.07) is 11.7. The first-order valence-corrected chi connectivity index (χ1v) is 11.3. The largest absolute Gasteiger partial charge is 0.435 e. The molecule has 1 aromatic heterocycles. The Morgan fingerprint density at radius 1 is 1.20 bits per heavy atom. The summed E-state index contributed by atoms with van der Waals surface area (Å²) in [5, 5.41) is 0.447. The van der Waals surface area contributed by atoms with Crippen LogP contribution in [0.4, 0.5) is 20.2 Å². The Labute approximate surface area is 173 Å². The lowest BCUT2D eigenvalue weighted by Gasteiger charge is -2.12. The molecule has 30 heavy (non-hydrogen) atoms. The summed E-state index contributed by atoms with van der Waals surface area (Å²) in [4.78, 5) is 0. The van der Waals surface area contributed by atoms with E-state index in [2.05, 4.69) is 9.46 Å². The SMILES string of the molecule is CCCn1c(-c2ccc(NS(=O)(=O)C3CC3)cc2)c(N)c2ccc(OC(F)F)cc21. The first kappa shape index (κ1) is 20.5. The van der Waals surface area contributed by atoms with Crippen LogP contribution in [0.5, 0.6) is 5.75 Å². The molecule has 4 rings (SSSR count). The quantitative estimate of drug-likeness (QED) is 0.532. The zero-order valence-electron chi connectivity index (χ0n) is 16.4. The minimum Gasteiger partial charge on any atom is -0.435 e. The summed E-state index contributed by atoms with van der Waals surface area (Å²) in [7, 11) is -3.33. The lowest BCUT2D eigenvalue weighted by molar-refractivity contribution is -0.0497. The van der Waals surface area contributed by atoms with E-state index in [0.29, 0.717) is 36.3 Å². The van der Waals surface area contributed by atoms with Crippen molar-refractivity contribution in [3.8, 4) is 17.0 Å². The third-order valence-corrected chi connectivity index (χ3v) is 7.00. The fraction of sp³-hybridized carbons (Fsp3) is 0.333. The number of aryl methyl sites for hydroxylation is 1. The van der Waals surface area contributed by atoms with Gasteiger partial charge in [0.2, 0.25) is 10.0 Å². The number of nitrogens with two attached hydrogens (primary N) is 1. The van der Waals surface area contributed by atoms with Gasteiger partial charge in [-0.05, 0) is 43.5 Å². The van der Waals surface area contributed by atoms with Gasteiger partial charge in [-0.2, -0.15) is 8.78 Å². The number of sulfonamides is 1. The smallest absolute Gasteiger partial charge is 0.387 e. The molecule has 9 heteroatoms. The lowest BCUT2D eigenvalue weighted by atomic mass is 10.1. The molecule has 0 unspecified atom stereocenters. The summed E-state index contributed by atoms with van der Waals surface area (Å²) >= 11 is 0. The second-order valence-corrected chi connectivity index (χ2v) is 9.36. The van der Waals surface area contributed by atoms with E-state index in [1.54, 1.807) is 36.4 Å². The van der Waals surface area contributed by atoms with Crippen molar-refractivity contribution in [3.63, 3.8) is 0 Å². The minimum absolute atomic E-state index is 0.0729. The number of anilines is 2. The highest BCUT2D eigenvalue weighted by atomic mass is 32.2. The van der Waals surface area contributed by atoms with Gasteiger partial charge >= 0.3 is 6.61 Å². The maximum Gasteiger partial charge on any atom is 0.387 e. The van der Waals surface area contributed by atoms with Gasteiger partial charge in [0.15, 0.2) is 0 Å². The van der Waals surface area contributed by atoms with Crippen molar-refractivity contribution < 1.29 is 21.9 Å². The molecule has 3 N–H and O–H groups in total. The highest BCUT2D eigenvalue weighted by Crippen LogP contribution is 2.38. The molecule has 0 aliphatic heterocycles. The standard InChI is InChI=1S/C21H23F2N3O3S/c1-2-11-26-18-12-15(29-21(22)23)7-10-17(18)19(24)20(26)13-3-5-14(6-4-13)25-30(27,28)16-8-9-16/h3-7,10,12,16,21,25H,2,8-9,11,24H2,1H3. The molecule has 0 atom stereocenters. The normalized spacial score (nSPS) is 14.4. The van der Waals surface area contributed by atoms with Crippen LogP contribution in [0, 0.1) is 0 Å². The fourth-order valence-corrected chi connectivity index (χ4v) is 5.01. The maximum atomic E-state index is 12.6. The number of ether oxygens (including phenoxy) is 1. The van der Waals surface area contributed by atoms with E-state index in [0.717, 1.165) is 23.1 Å². The average molecular weight is 435 g/mol. The molecule has 1 fully saturated rings. The summed E-state index contributed by atoms with van der Waals surface area (Å²) in [5.41, 5.74) is 9.73. The number of benzene rings is 2. The lowest BCUT2D eigenvalue weighted by Crippen LogP contribution is -2.17. The van der Waals surface area contributed by atoms with Crippen LogP contribution in [-0.2, 0) is 16.6 Å². The molecule has 1 aliphatic carbocycles. The van der Waals surface area contributed by atoms with E-state index >= 15 is 0 Å². The Hall–Kier alpha value is -2.81. The van der Waals surface area contributed by atoms with Crippen molar-refractivity contribution in [2.24, 2.45) is 0 Å². The molecule has 2 aromatic carbocycles. The van der Waals surface area contributed by atoms with Crippen LogP contribution in [0.25, 0.3) is 22.2 Å². The topological polar surface area (TPSA) is 86.4 Å². The molecule has 0 spiro atoms. The van der Waals surface area contributed by atoms with Gasteiger partial charge in [-0.25, -0.2) is 8.42 Å². The van der Waals surface area contributed by atoms with Gasteiger partial charge < -0.3 is 15.0 Å². The Morgan fingerprint density at radius 2 is 1.90 bits per heavy atom. The third kappa shape index (κ3) is 3.94. The molecular weight excluding hydrogens is 412 g/mol. The van der Waals surface area contributed by atoms with Crippen LogP contribution >= 0.6 is 0 Å². The van der Waals surface area contributed by atoms with E-state index in [-0.39, 0.29) is 11.0 Å². The fourth-order valence-electron chi connectivity index (χ4n) is 3.62. The number of halogens is 2. The third-order valence-electron chi connectivity index (χ3n) is 5.13. The summed E-state index contributed by atoms with van der Waals surface area (Å²) in [6.45, 7) is -0.251. The van der Waals surface area contributed by atoms with Crippen LogP contribution in [0.2, 0.25) is 0 Å².